The molecule has 0 aliphatic carbocycles. The van der Waals surface area contributed by atoms with Crippen molar-refractivity contribution in [3.8, 4) is 11.1 Å². The number of hydrogen-bond donors (Lipinski definition) is 1. The largest absolute Gasteiger partial charge is 0.352 e. The first-order valence-electron chi connectivity index (χ1n) is 9.84. The lowest BCUT2D eigenvalue weighted by molar-refractivity contribution is -0.124. The number of nitrogens with one attached hydrogen (secondary N) is 1. The van der Waals surface area contributed by atoms with E-state index in [-0.39, 0.29) is 11.8 Å². The highest BCUT2D eigenvalue weighted by Crippen LogP contribution is 2.25. The van der Waals surface area contributed by atoms with Gasteiger partial charge in [0.2, 0.25) is 5.91 Å². The second-order valence-corrected chi connectivity index (χ2v) is 7.36. The fraction of sp³-hybridized carbons (Fsp3) is 0.435. The molecule has 2 aromatic carbocycles. The number of carbonyl (C=O) groups is 1. The Labute approximate surface area is 157 Å². The van der Waals surface area contributed by atoms with Gasteiger partial charge in [-0.2, -0.15) is 0 Å². The molecule has 1 heterocycles. The van der Waals surface area contributed by atoms with Crippen molar-refractivity contribution in [2.24, 2.45) is 5.92 Å². The van der Waals surface area contributed by atoms with E-state index in [2.05, 4.69) is 52.7 Å². The van der Waals surface area contributed by atoms with Crippen molar-refractivity contribution < 1.29 is 4.79 Å². The molecule has 0 unspecified atom stereocenters. The minimum absolute atomic E-state index is 0.0621. The number of nitrogens with zero attached hydrogens (tertiary/aromatic N) is 1. The fourth-order valence-corrected chi connectivity index (χ4v) is 3.49. The summed E-state index contributed by atoms with van der Waals surface area (Å²) in [5, 5.41) is 3.07. The number of likely N-dealkylation sites (tertiary alicyclic amines) is 1. The summed E-state index contributed by atoms with van der Waals surface area (Å²) in [6, 6.07) is 17.2. The summed E-state index contributed by atoms with van der Waals surface area (Å²) < 4.78 is 0. The molecule has 1 saturated heterocycles. The van der Waals surface area contributed by atoms with Gasteiger partial charge in [0.1, 0.15) is 0 Å². The summed E-state index contributed by atoms with van der Waals surface area (Å²) >= 11 is 0. The summed E-state index contributed by atoms with van der Waals surface area (Å²) in [4.78, 5) is 14.6. The maximum atomic E-state index is 12.1. The van der Waals surface area contributed by atoms with Crippen LogP contribution in [0, 0.1) is 5.92 Å². The fourth-order valence-electron chi connectivity index (χ4n) is 3.49. The van der Waals surface area contributed by atoms with E-state index >= 15 is 0 Å². The lowest BCUT2D eigenvalue weighted by Gasteiger charge is -2.16. The third kappa shape index (κ3) is 4.73. The highest BCUT2D eigenvalue weighted by atomic mass is 16.1. The SMILES string of the molecule is CC[C@@H](C)C(=O)NCc1ccccc1-c1ccc(CN2CCCC2)cc1. The van der Waals surface area contributed by atoms with Crippen LogP contribution in [0.15, 0.2) is 48.5 Å². The monoisotopic (exact) mass is 350 g/mol. The minimum Gasteiger partial charge on any atom is -0.352 e. The van der Waals surface area contributed by atoms with Crippen LogP contribution >= 0.6 is 0 Å². The Hall–Kier alpha value is -2.13. The van der Waals surface area contributed by atoms with Crippen molar-refractivity contribution in [1.29, 1.82) is 0 Å². The Morgan fingerprint density at radius 2 is 1.77 bits per heavy atom. The van der Waals surface area contributed by atoms with Crippen molar-refractivity contribution in [3.63, 3.8) is 0 Å². The van der Waals surface area contributed by atoms with Crippen LogP contribution in [0.1, 0.15) is 44.2 Å². The summed E-state index contributed by atoms with van der Waals surface area (Å²) in [5.41, 5.74) is 4.95. The van der Waals surface area contributed by atoms with Gasteiger partial charge < -0.3 is 5.32 Å². The van der Waals surface area contributed by atoms with E-state index in [1.165, 1.54) is 42.6 Å². The average Bonchev–Trinajstić information content (AvgIpc) is 3.19. The van der Waals surface area contributed by atoms with Gasteiger partial charge in [-0.15, -0.1) is 0 Å². The van der Waals surface area contributed by atoms with Gasteiger partial charge in [0.05, 0.1) is 0 Å². The molecule has 3 nitrogen and oxygen atoms in total. The maximum absolute atomic E-state index is 12.1. The zero-order valence-corrected chi connectivity index (χ0v) is 16.0. The van der Waals surface area contributed by atoms with Gasteiger partial charge in [-0.3, -0.25) is 9.69 Å². The molecule has 26 heavy (non-hydrogen) atoms. The molecule has 1 aliphatic heterocycles. The molecule has 138 valence electrons. The molecule has 1 amide bonds. The molecule has 3 heteroatoms. The quantitative estimate of drug-likeness (QED) is 0.791. The van der Waals surface area contributed by atoms with Gasteiger partial charge in [0.25, 0.3) is 0 Å². The second kappa shape index (κ2) is 9.00. The molecule has 1 atom stereocenters. The van der Waals surface area contributed by atoms with Gasteiger partial charge in [0.15, 0.2) is 0 Å². The highest BCUT2D eigenvalue weighted by Gasteiger charge is 2.13. The molecule has 0 aromatic heterocycles. The van der Waals surface area contributed by atoms with Crippen molar-refractivity contribution in [1.82, 2.24) is 10.2 Å². The number of hydrogen-bond acceptors (Lipinski definition) is 2. The summed E-state index contributed by atoms with van der Waals surface area (Å²) in [5.74, 6) is 0.190. The van der Waals surface area contributed by atoms with Crippen molar-refractivity contribution in [3.05, 3.63) is 59.7 Å². The first-order chi connectivity index (χ1) is 12.7. The number of carbonyl (C=O) groups excluding carboxylic acids is 1. The normalized spacial score (nSPS) is 15.8. The molecule has 1 fully saturated rings. The van der Waals surface area contributed by atoms with Gasteiger partial charge >= 0.3 is 0 Å². The van der Waals surface area contributed by atoms with Crippen molar-refractivity contribution in [2.75, 3.05) is 13.1 Å². The van der Waals surface area contributed by atoms with E-state index in [4.69, 9.17) is 0 Å². The molecule has 0 bridgehead atoms. The molecule has 2 aromatic rings. The molecule has 1 aliphatic rings. The average molecular weight is 351 g/mol. The molecule has 3 rings (SSSR count). The lowest BCUT2D eigenvalue weighted by atomic mass is 9.98. The van der Waals surface area contributed by atoms with Crippen LogP contribution in [0.25, 0.3) is 11.1 Å². The van der Waals surface area contributed by atoms with E-state index < -0.39 is 0 Å². The Bertz CT molecular complexity index is 717. The lowest BCUT2D eigenvalue weighted by Crippen LogP contribution is -2.28. The van der Waals surface area contributed by atoms with Crippen LogP contribution in [0.3, 0.4) is 0 Å². The molecule has 0 radical (unpaired) electrons. The van der Waals surface area contributed by atoms with Crippen LogP contribution in [0.2, 0.25) is 0 Å². The predicted molar refractivity (Wildman–Crippen MR) is 108 cm³/mol. The molecule has 0 saturated carbocycles. The Morgan fingerprint density at radius 3 is 2.46 bits per heavy atom. The summed E-state index contributed by atoms with van der Waals surface area (Å²) in [6.45, 7) is 8.09. The molecule has 0 spiro atoms. The van der Waals surface area contributed by atoms with Crippen molar-refractivity contribution >= 4 is 5.91 Å². The summed E-state index contributed by atoms with van der Waals surface area (Å²) in [7, 11) is 0. The van der Waals surface area contributed by atoms with Gasteiger partial charge in [-0.1, -0.05) is 62.4 Å². The predicted octanol–water partition coefficient (Wildman–Crippen LogP) is 4.61. The third-order valence-electron chi connectivity index (χ3n) is 5.40. The van der Waals surface area contributed by atoms with E-state index in [0.717, 1.165) is 18.5 Å². The number of amides is 1. The molecular weight excluding hydrogens is 320 g/mol. The molecular formula is C23H30N2O. The topological polar surface area (TPSA) is 32.3 Å². The zero-order chi connectivity index (χ0) is 18.4. The van der Waals surface area contributed by atoms with E-state index in [1.54, 1.807) is 0 Å². The number of rotatable bonds is 7. The first kappa shape index (κ1) is 18.7. The van der Waals surface area contributed by atoms with Crippen LogP contribution < -0.4 is 5.32 Å². The van der Waals surface area contributed by atoms with Crippen LogP contribution in [0.4, 0.5) is 0 Å². The standard InChI is InChI=1S/C23H30N2O/c1-3-18(2)23(26)24-16-21-8-4-5-9-22(21)20-12-10-19(11-13-20)17-25-14-6-7-15-25/h4-5,8-13,18H,3,6-7,14-17H2,1-2H3,(H,24,26)/t18-/m1/s1. The van der Waals surface area contributed by atoms with Crippen LogP contribution in [-0.4, -0.2) is 23.9 Å². The third-order valence-corrected chi connectivity index (χ3v) is 5.40. The maximum Gasteiger partial charge on any atom is 0.223 e. The van der Waals surface area contributed by atoms with Gasteiger partial charge in [-0.25, -0.2) is 0 Å². The smallest absolute Gasteiger partial charge is 0.223 e. The number of benzene rings is 2. The summed E-state index contributed by atoms with van der Waals surface area (Å²) in [6.07, 6.45) is 3.52. The Balaban J connectivity index is 1.69. The van der Waals surface area contributed by atoms with E-state index in [0.29, 0.717) is 6.54 Å². The Morgan fingerprint density at radius 1 is 1.08 bits per heavy atom. The first-order valence-corrected chi connectivity index (χ1v) is 9.84. The van der Waals surface area contributed by atoms with E-state index in [1.807, 2.05) is 19.9 Å². The minimum atomic E-state index is 0.0621. The van der Waals surface area contributed by atoms with Crippen LogP contribution in [0.5, 0.6) is 0 Å². The highest BCUT2D eigenvalue weighted by molar-refractivity contribution is 5.78. The Kier molecular flexibility index (Phi) is 6.45. The van der Waals surface area contributed by atoms with Crippen molar-refractivity contribution in [2.45, 2.75) is 46.2 Å². The zero-order valence-electron chi connectivity index (χ0n) is 16.0. The second-order valence-electron chi connectivity index (χ2n) is 7.36. The van der Waals surface area contributed by atoms with Gasteiger partial charge in [-0.05, 0) is 54.6 Å². The molecule has 1 N–H and O–H groups in total. The van der Waals surface area contributed by atoms with Crippen LogP contribution in [-0.2, 0) is 17.9 Å². The van der Waals surface area contributed by atoms with Gasteiger partial charge in [0, 0.05) is 19.0 Å². The van der Waals surface area contributed by atoms with E-state index in [9.17, 15) is 4.79 Å².